The molecule has 1 aromatic rings. The Morgan fingerprint density at radius 3 is 2.72 bits per heavy atom. The number of hydrogen-bond acceptors (Lipinski definition) is 7. The Hall–Kier alpha value is -1.82. The third kappa shape index (κ3) is 4.35. The van der Waals surface area contributed by atoms with E-state index in [1.165, 1.54) is 16.4 Å². The molecule has 0 aliphatic carbocycles. The van der Waals surface area contributed by atoms with Crippen molar-refractivity contribution in [3.8, 4) is 5.75 Å². The highest BCUT2D eigenvalue weighted by molar-refractivity contribution is 8.01. The molecule has 4 rings (SSSR count). The standard InChI is InChI=1S/C21H29N3O6S2/c1-14(2)30-18-5-4-15(32(27,28)23-8-10-29-11-9-23)12-16(18)22-20(26)17-13-31-21(3)7-6-19(25)24(17)21/h4-5,12,14,17H,6-11,13H2,1-3H3,(H,22,26)/t17-,21+/m0/s1. The van der Waals surface area contributed by atoms with E-state index in [1.807, 2.05) is 20.8 Å². The van der Waals surface area contributed by atoms with Crippen LogP contribution in [0, 0.1) is 0 Å². The normalized spacial score (nSPS) is 26.4. The summed E-state index contributed by atoms with van der Waals surface area (Å²) in [6.45, 7) is 6.95. The van der Waals surface area contributed by atoms with Gasteiger partial charge in [0.25, 0.3) is 0 Å². The predicted molar refractivity (Wildman–Crippen MR) is 121 cm³/mol. The first-order valence-corrected chi connectivity index (χ1v) is 13.2. The van der Waals surface area contributed by atoms with E-state index in [0.29, 0.717) is 31.1 Å². The number of amides is 2. The molecule has 32 heavy (non-hydrogen) atoms. The Morgan fingerprint density at radius 2 is 2.03 bits per heavy atom. The minimum Gasteiger partial charge on any atom is -0.489 e. The molecule has 2 atom stereocenters. The van der Waals surface area contributed by atoms with Gasteiger partial charge < -0.3 is 19.7 Å². The number of nitrogens with one attached hydrogen (secondary N) is 1. The van der Waals surface area contributed by atoms with E-state index in [-0.39, 0.29) is 46.5 Å². The quantitative estimate of drug-likeness (QED) is 0.659. The van der Waals surface area contributed by atoms with Crippen molar-refractivity contribution < 1.29 is 27.5 Å². The van der Waals surface area contributed by atoms with Crippen molar-refractivity contribution in [2.24, 2.45) is 0 Å². The molecule has 11 heteroatoms. The number of carbonyl (C=O) groups excluding carboxylic acids is 2. The van der Waals surface area contributed by atoms with Crippen LogP contribution in [0.1, 0.15) is 33.6 Å². The van der Waals surface area contributed by atoms with Crippen molar-refractivity contribution >= 4 is 39.3 Å². The molecular formula is C21H29N3O6S2. The van der Waals surface area contributed by atoms with E-state index >= 15 is 0 Å². The summed E-state index contributed by atoms with van der Waals surface area (Å²) >= 11 is 1.61. The number of anilines is 1. The van der Waals surface area contributed by atoms with Gasteiger partial charge in [0.2, 0.25) is 21.8 Å². The van der Waals surface area contributed by atoms with Gasteiger partial charge in [-0.3, -0.25) is 9.59 Å². The van der Waals surface area contributed by atoms with Crippen molar-refractivity contribution in [1.29, 1.82) is 0 Å². The summed E-state index contributed by atoms with van der Waals surface area (Å²) in [6, 6.07) is 3.89. The lowest BCUT2D eigenvalue weighted by atomic mass is 10.2. The van der Waals surface area contributed by atoms with Crippen LogP contribution in [-0.4, -0.2) is 78.5 Å². The molecule has 176 valence electrons. The molecule has 9 nitrogen and oxygen atoms in total. The van der Waals surface area contributed by atoms with E-state index in [2.05, 4.69) is 5.32 Å². The fraction of sp³-hybridized carbons (Fsp3) is 0.619. The average Bonchev–Trinajstić information content (AvgIpc) is 3.25. The summed E-state index contributed by atoms with van der Waals surface area (Å²) < 4.78 is 38.7. The molecule has 3 fully saturated rings. The number of nitrogens with zero attached hydrogens (tertiary/aromatic N) is 2. The summed E-state index contributed by atoms with van der Waals surface area (Å²) in [5.41, 5.74) is 0.281. The first kappa shape index (κ1) is 23.3. The second kappa shape index (κ2) is 8.85. The number of carbonyl (C=O) groups is 2. The van der Waals surface area contributed by atoms with Crippen LogP contribution in [0.5, 0.6) is 5.75 Å². The number of hydrogen-bond donors (Lipinski definition) is 1. The lowest BCUT2D eigenvalue weighted by Crippen LogP contribution is -2.48. The molecular weight excluding hydrogens is 454 g/mol. The van der Waals surface area contributed by atoms with Gasteiger partial charge in [-0.1, -0.05) is 0 Å². The molecule has 3 heterocycles. The maximum absolute atomic E-state index is 13.2. The van der Waals surface area contributed by atoms with Gasteiger partial charge in [-0.15, -0.1) is 11.8 Å². The first-order chi connectivity index (χ1) is 15.1. The van der Waals surface area contributed by atoms with Gasteiger partial charge in [-0.2, -0.15) is 4.31 Å². The van der Waals surface area contributed by atoms with Crippen LogP contribution in [0.15, 0.2) is 23.1 Å². The Kier molecular flexibility index (Phi) is 6.45. The molecule has 1 N–H and O–H groups in total. The van der Waals surface area contributed by atoms with Crippen molar-refractivity contribution in [2.75, 3.05) is 37.4 Å². The van der Waals surface area contributed by atoms with Gasteiger partial charge in [0.05, 0.1) is 34.8 Å². The SMILES string of the molecule is CC(C)Oc1ccc(S(=O)(=O)N2CCOCC2)cc1NC(=O)[C@@H]1CS[C@]2(C)CCC(=O)N12. The maximum Gasteiger partial charge on any atom is 0.248 e. The molecule has 3 aliphatic rings. The molecule has 0 spiro atoms. The van der Waals surface area contributed by atoms with Gasteiger partial charge in [0.15, 0.2) is 0 Å². The van der Waals surface area contributed by atoms with Crippen molar-refractivity contribution in [1.82, 2.24) is 9.21 Å². The lowest BCUT2D eigenvalue weighted by Gasteiger charge is -2.30. The van der Waals surface area contributed by atoms with Gasteiger partial charge in [-0.05, 0) is 45.4 Å². The molecule has 0 bridgehead atoms. The molecule has 1 aromatic carbocycles. The molecule has 0 unspecified atom stereocenters. The number of benzene rings is 1. The zero-order valence-electron chi connectivity index (χ0n) is 18.5. The van der Waals surface area contributed by atoms with Crippen molar-refractivity contribution in [3.63, 3.8) is 0 Å². The van der Waals surface area contributed by atoms with Crippen LogP contribution in [0.4, 0.5) is 5.69 Å². The molecule has 2 amide bonds. The Labute approximate surface area is 192 Å². The largest absolute Gasteiger partial charge is 0.489 e. The smallest absolute Gasteiger partial charge is 0.248 e. The average molecular weight is 484 g/mol. The zero-order chi connectivity index (χ0) is 23.1. The number of morpholine rings is 1. The third-order valence-electron chi connectivity index (χ3n) is 5.93. The number of ether oxygens (including phenoxy) is 2. The minimum atomic E-state index is -3.74. The number of thioether (sulfide) groups is 1. The molecule has 0 aromatic heterocycles. The lowest BCUT2D eigenvalue weighted by molar-refractivity contribution is -0.135. The van der Waals surface area contributed by atoms with E-state index in [0.717, 1.165) is 6.42 Å². The predicted octanol–water partition coefficient (Wildman–Crippen LogP) is 1.89. The fourth-order valence-electron chi connectivity index (χ4n) is 4.29. The number of sulfonamides is 1. The Morgan fingerprint density at radius 1 is 1.31 bits per heavy atom. The molecule has 3 aliphatic heterocycles. The summed E-state index contributed by atoms with van der Waals surface area (Å²) in [5.74, 6) is 0.515. The zero-order valence-corrected chi connectivity index (χ0v) is 20.1. The minimum absolute atomic E-state index is 0.0278. The van der Waals surface area contributed by atoms with Crippen molar-refractivity contribution in [2.45, 2.75) is 55.5 Å². The highest BCUT2D eigenvalue weighted by Crippen LogP contribution is 2.47. The van der Waals surface area contributed by atoms with Gasteiger partial charge in [0.1, 0.15) is 11.8 Å². The summed E-state index contributed by atoms with van der Waals surface area (Å²) in [5, 5.41) is 2.84. The molecule has 0 radical (unpaired) electrons. The van der Waals surface area contributed by atoms with Gasteiger partial charge in [0, 0.05) is 25.3 Å². The van der Waals surface area contributed by atoms with E-state index in [4.69, 9.17) is 9.47 Å². The summed E-state index contributed by atoms with van der Waals surface area (Å²) in [7, 11) is -3.74. The van der Waals surface area contributed by atoms with E-state index < -0.39 is 16.1 Å². The number of fused-ring (bicyclic) bond motifs is 1. The first-order valence-electron chi connectivity index (χ1n) is 10.8. The van der Waals surface area contributed by atoms with Crippen LogP contribution >= 0.6 is 11.8 Å². The fourth-order valence-corrected chi connectivity index (χ4v) is 7.16. The topological polar surface area (TPSA) is 105 Å². The Balaban J connectivity index is 1.62. The monoisotopic (exact) mass is 483 g/mol. The highest BCUT2D eigenvalue weighted by atomic mass is 32.2. The summed E-state index contributed by atoms with van der Waals surface area (Å²) in [4.78, 5) is 27.0. The van der Waals surface area contributed by atoms with Crippen LogP contribution in [0.25, 0.3) is 0 Å². The van der Waals surface area contributed by atoms with E-state index in [1.54, 1.807) is 22.7 Å². The Bertz CT molecular complexity index is 1010. The van der Waals surface area contributed by atoms with Crippen molar-refractivity contribution in [3.05, 3.63) is 18.2 Å². The molecule has 3 saturated heterocycles. The van der Waals surface area contributed by atoms with Crippen LogP contribution in [0.2, 0.25) is 0 Å². The van der Waals surface area contributed by atoms with Gasteiger partial charge >= 0.3 is 0 Å². The third-order valence-corrected chi connectivity index (χ3v) is 9.33. The van der Waals surface area contributed by atoms with Crippen LogP contribution in [0.3, 0.4) is 0 Å². The number of rotatable bonds is 6. The van der Waals surface area contributed by atoms with Crippen LogP contribution < -0.4 is 10.1 Å². The summed E-state index contributed by atoms with van der Waals surface area (Å²) in [6.07, 6.45) is 0.982. The van der Waals surface area contributed by atoms with E-state index in [9.17, 15) is 18.0 Å². The highest BCUT2D eigenvalue weighted by Gasteiger charge is 2.53. The van der Waals surface area contributed by atoms with Crippen LogP contribution in [-0.2, 0) is 24.3 Å². The van der Waals surface area contributed by atoms with Gasteiger partial charge in [-0.25, -0.2) is 8.42 Å². The second-order valence-electron chi connectivity index (χ2n) is 8.60. The second-order valence-corrected chi connectivity index (χ2v) is 12.0. The maximum atomic E-state index is 13.2. The molecule has 0 saturated carbocycles.